The Morgan fingerprint density at radius 3 is 2.60 bits per heavy atom. The van der Waals surface area contributed by atoms with Gasteiger partial charge in [0.25, 0.3) is 0 Å². The van der Waals surface area contributed by atoms with Gasteiger partial charge in [0.1, 0.15) is 12.0 Å². The molecule has 0 unspecified atom stereocenters. The predicted molar refractivity (Wildman–Crippen MR) is 59.5 cm³/mol. The highest BCUT2D eigenvalue weighted by atomic mass is 16.7. The van der Waals surface area contributed by atoms with E-state index in [1.54, 1.807) is 11.3 Å². The molecule has 1 aliphatic heterocycles. The van der Waals surface area contributed by atoms with Crippen LogP contribution in [0.2, 0.25) is 0 Å². The number of ether oxygens (including phenoxy) is 1. The van der Waals surface area contributed by atoms with E-state index in [1.165, 1.54) is 0 Å². The quantitative estimate of drug-likeness (QED) is 0.754. The molecule has 1 aromatic carbocycles. The fourth-order valence-corrected chi connectivity index (χ4v) is 1.31. The monoisotopic (exact) mass is 203 g/mol. The Labute approximate surface area is 89.2 Å². The highest BCUT2D eigenvalue weighted by molar-refractivity contribution is 5.49. The molecular formula is C12H13NO2. The summed E-state index contributed by atoms with van der Waals surface area (Å²) in [6.45, 7) is 2.65. The minimum Gasteiger partial charge on any atom is -0.494 e. The lowest BCUT2D eigenvalue weighted by Crippen LogP contribution is -2.14. The lowest BCUT2D eigenvalue weighted by atomic mass is 10.3. The maximum Gasteiger partial charge on any atom is 0.120 e. The minimum atomic E-state index is 0.683. The molecule has 1 aromatic rings. The molecule has 0 N–H and O–H groups in total. The second-order valence-corrected chi connectivity index (χ2v) is 3.03. The highest BCUT2D eigenvalue weighted by Gasteiger charge is 2.04. The summed E-state index contributed by atoms with van der Waals surface area (Å²) in [5.41, 5.74) is 0.971. The molecule has 2 rings (SSSR count). The lowest BCUT2D eigenvalue weighted by Gasteiger charge is -2.20. The highest BCUT2D eigenvalue weighted by Crippen LogP contribution is 2.21. The van der Waals surface area contributed by atoms with Gasteiger partial charge in [-0.3, -0.25) is 0 Å². The Bertz CT molecular complexity index is 368. The van der Waals surface area contributed by atoms with Crippen molar-refractivity contribution < 1.29 is 9.57 Å². The van der Waals surface area contributed by atoms with Gasteiger partial charge in [-0.15, -0.1) is 0 Å². The Morgan fingerprint density at radius 1 is 1.20 bits per heavy atom. The lowest BCUT2D eigenvalue weighted by molar-refractivity contribution is 0.245. The zero-order valence-electron chi connectivity index (χ0n) is 8.59. The predicted octanol–water partition coefficient (Wildman–Crippen LogP) is 2.86. The van der Waals surface area contributed by atoms with Crippen LogP contribution in [0.3, 0.4) is 0 Å². The van der Waals surface area contributed by atoms with E-state index in [-0.39, 0.29) is 0 Å². The van der Waals surface area contributed by atoms with E-state index in [1.807, 2.05) is 49.5 Å². The number of hydroxylamine groups is 1. The van der Waals surface area contributed by atoms with E-state index in [9.17, 15) is 0 Å². The third-order valence-electron chi connectivity index (χ3n) is 1.99. The summed E-state index contributed by atoms with van der Waals surface area (Å²) in [4.78, 5) is 5.29. The third-order valence-corrected chi connectivity index (χ3v) is 1.99. The number of hydrogen-bond donors (Lipinski definition) is 0. The topological polar surface area (TPSA) is 21.7 Å². The van der Waals surface area contributed by atoms with Crippen molar-refractivity contribution in [1.29, 1.82) is 0 Å². The number of allylic oxidation sites excluding steroid dienone is 2. The van der Waals surface area contributed by atoms with E-state index < -0.39 is 0 Å². The summed E-state index contributed by atoms with van der Waals surface area (Å²) >= 11 is 0. The van der Waals surface area contributed by atoms with Gasteiger partial charge in [-0.2, -0.15) is 5.06 Å². The van der Waals surface area contributed by atoms with Crippen LogP contribution in [0.25, 0.3) is 0 Å². The minimum absolute atomic E-state index is 0.683. The number of benzene rings is 1. The van der Waals surface area contributed by atoms with E-state index in [0.29, 0.717) is 6.61 Å². The van der Waals surface area contributed by atoms with Crippen molar-refractivity contribution in [3.63, 3.8) is 0 Å². The van der Waals surface area contributed by atoms with Gasteiger partial charge in [0.05, 0.1) is 12.3 Å². The summed E-state index contributed by atoms with van der Waals surface area (Å²) in [6.07, 6.45) is 7.25. The summed E-state index contributed by atoms with van der Waals surface area (Å²) in [6, 6.07) is 7.76. The molecule has 1 heterocycles. The Hall–Kier alpha value is -1.90. The number of hydrogen-bond acceptors (Lipinski definition) is 3. The van der Waals surface area contributed by atoms with Crippen LogP contribution in [0.1, 0.15) is 6.92 Å². The molecule has 1 aliphatic rings. The Morgan fingerprint density at radius 2 is 2.00 bits per heavy atom. The smallest absolute Gasteiger partial charge is 0.120 e. The average Bonchev–Trinajstić information content (AvgIpc) is 2.32. The molecule has 78 valence electrons. The fourth-order valence-electron chi connectivity index (χ4n) is 1.31. The van der Waals surface area contributed by atoms with Gasteiger partial charge in [-0.25, -0.2) is 0 Å². The SMILES string of the molecule is CCOc1ccc(N2C=CC=CO2)cc1. The molecule has 0 aromatic heterocycles. The summed E-state index contributed by atoms with van der Waals surface area (Å²) in [7, 11) is 0. The van der Waals surface area contributed by atoms with Gasteiger partial charge in [0.2, 0.25) is 0 Å². The number of anilines is 1. The second kappa shape index (κ2) is 4.55. The van der Waals surface area contributed by atoms with E-state index in [4.69, 9.17) is 9.57 Å². The van der Waals surface area contributed by atoms with Gasteiger partial charge < -0.3 is 9.57 Å². The molecule has 0 aliphatic carbocycles. The molecule has 3 heteroatoms. The molecule has 15 heavy (non-hydrogen) atoms. The molecule has 0 fully saturated rings. The van der Waals surface area contributed by atoms with Crippen molar-refractivity contribution >= 4 is 5.69 Å². The van der Waals surface area contributed by atoms with Crippen LogP contribution in [0.4, 0.5) is 5.69 Å². The zero-order valence-corrected chi connectivity index (χ0v) is 8.59. The van der Waals surface area contributed by atoms with E-state index in [2.05, 4.69) is 0 Å². The summed E-state index contributed by atoms with van der Waals surface area (Å²) in [5, 5.41) is 1.69. The maximum atomic E-state index is 5.36. The first kappa shape index (κ1) is 9.65. The van der Waals surface area contributed by atoms with Gasteiger partial charge in [-0.05, 0) is 43.3 Å². The van der Waals surface area contributed by atoms with Crippen LogP contribution in [-0.2, 0) is 4.84 Å². The number of nitrogens with zero attached hydrogens (tertiary/aromatic N) is 1. The third kappa shape index (κ3) is 2.31. The van der Waals surface area contributed by atoms with Gasteiger partial charge in [0.15, 0.2) is 0 Å². The van der Waals surface area contributed by atoms with Crippen LogP contribution >= 0.6 is 0 Å². The molecule has 0 saturated heterocycles. The molecule has 0 amide bonds. The van der Waals surface area contributed by atoms with Crippen LogP contribution in [0.5, 0.6) is 5.75 Å². The second-order valence-electron chi connectivity index (χ2n) is 3.03. The van der Waals surface area contributed by atoms with Crippen molar-refractivity contribution in [2.45, 2.75) is 6.92 Å². The van der Waals surface area contributed by atoms with Crippen molar-refractivity contribution in [2.24, 2.45) is 0 Å². The first-order chi connectivity index (χ1) is 7.40. The van der Waals surface area contributed by atoms with Crippen LogP contribution < -0.4 is 9.80 Å². The Kier molecular flexibility index (Phi) is 2.93. The molecule has 0 saturated carbocycles. The van der Waals surface area contributed by atoms with E-state index in [0.717, 1.165) is 11.4 Å². The van der Waals surface area contributed by atoms with Crippen molar-refractivity contribution in [2.75, 3.05) is 11.7 Å². The standard InChI is InChI=1S/C12H13NO2/c1-2-14-12-7-5-11(6-8-12)13-9-3-4-10-15-13/h3-10H,2H2,1H3. The molecular weight excluding hydrogens is 190 g/mol. The summed E-state index contributed by atoms with van der Waals surface area (Å²) < 4.78 is 5.36. The van der Waals surface area contributed by atoms with Crippen molar-refractivity contribution in [1.82, 2.24) is 0 Å². The first-order valence-corrected chi connectivity index (χ1v) is 4.92. The maximum absolute atomic E-state index is 5.36. The van der Waals surface area contributed by atoms with Crippen LogP contribution in [0, 0.1) is 0 Å². The van der Waals surface area contributed by atoms with Gasteiger partial charge in [-0.1, -0.05) is 0 Å². The molecule has 0 spiro atoms. The molecule has 0 atom stereocenters. The van der Waals surface area contributed by atoms with Crippen LogP contribution in [0.15, 0.2) is 48.9 Å². The van der Waals surface area contributed by atoms with Crippen molar-refractivity contribution in [3.05, 3.63) is 48.9 Å². The summed E-state index contributed by atoms with van der Waals surface area (Å²) in [5.74, 6) is 0.873. The van der Waals surface area contributed by atoms with Crippen LogP contribution in [-0.4, -0.2) is 6.61 Å². The van der Waals surface area contributed by atoms with Crippen molar-refractivity contribution in [3.8, 4) is 5.75 Å². The van der Waals surface area contributed by atoms with Gasteiger partial charge >= 0.3 is 0 Å². The zero-order chi connectivity index (χ0) is 10.5. The normalized spacial score (nSPS) is 13.8. The van der Waals surface area contributed by atoms with Gasteiger partial charge in [0, 0.05) is 6.20 Å². The largest absolute Gasteiger partial charge is 0.494 e. The fraction of sp³-hybridized carbons (Fsp3) is 0.167. The number of rotatable bonds is 3. The molecule has 0 radical (unpaired) electrons. The average molecular weight is 203 g/mol. The molecule has 3 nitrogen and oxygen atoms in total. The molecule has 0 bridgehead atoms. The first-order valence-electron chi connectivity index (χ1n) is 4.92. The van der Waals surface area contributed by atoms with E-state index >= 15 is 0 Å². The Balaban J connectivity index is 2.09.